The topological polar surface area (TPSA) is 66.3 Å². The van der Waals surface area contributed by atoms with Gasteiger partial charge in [-0.1, -0.05) is 12.2 Å². The monoisotopic (exact) mass is 198 g/mol. The van der Waals surface area contributed by atoms with Gasteiger partial charge in [-0.3, -0.25) is 0 Å². The molecule has 78 valence electrons. The molecule has 1 saturated heterocycles. The standard InChI is InChI=1S/C10H15NO3/c11-6-8(12)7-1-2-9-10(5-7)14-4-3-13-9/h1-2,5,8-10,12H,3-4,6,11H2/p+1/t8-,9-,10-/m1/s1. The van der Waals surface area contributed by atoms with E-state index in [9.17, 15) is 5.11 Å². The highest BCUT2D eigenvalue weighted by Crippen LogP contribution is 2.21. The second-order valence-corrected chi connectivity index (χ2v) is 3.50. The van der Waals surface area contributed by atoms with Crippen molar-refractivity contribution >= 4 is 0 Å². The fourth-order valence-corrected chi connectivity index (χ4v) is 1.71. The number of aliphatic hydroxyl groups excluding tert-OH is 1. The zero-order valence-electron chi connectivity index (χ0n) is 8.06. The van der Waals surface area contributed by atoms with Crippen LogP contribution in [-0.2, 0) is 9.47 Å². The van der Waals surface area contributed by atoms with Crippen molar-refractivity contribution in [1.82, 2.24) is 0 Å². The summed E-state index contributed by atoms with van der Waals surface area (Å²) >= 11 is 0. The Bertz CT molecular complexity index is 262. The van der Waals surface area contributed by atoms with Crippen molar-refractivity contribution in [1.29, 1.82) is 0 Å². The smallest absolute Gasteiger partial charge is 0.127 e. The Labute approximate surface area is 83.0 Å². The number of rotatable bonds is 2. The summed E-state index contributed by atoms with van der Waals surface area (Å²) < 4.78 is 11.0. The van der Waals surface area contributed by atoms with E-state index in [0.29, 0.717) is 19.8 Å². The minimum absolute atomic E-state index is 0.0181. The van der Waals surface area contributed by atoms with Gasteiger partial charge in [-0.2, -0.15) is 0 Å². The third-order valence-corrected chi connectivity index (χ3v) is 2.52. The first kappa shape index (κ1) is 9.86. The van der Waals surface area contributed by atoms with Crippen molar-refractivity contribution in [2.75, 3.05) is 19.8 Å². The minimum Gasteiger partial charge on any atom is -0.383 e. The van der Waals surface area contributed by atoms with Gasteiger partial charge in [0.15, 0.2) is 0 Å². The molecule has 0 aromatic rings. The van der Waals surface area contributed by atoms with Gasteiger partial charge in [-0.15, -0.1) is 0 Å². The molecule has 14 heavy (non-hydrogen) atoms. The van der Waals surface area contributed by atoms with Crippen molar-refractivity contribution in [2.45, 2.75) is 18.3 Å². The van der Waals surface area contributed by atoms with Crippen LogP contribution >= 0.6 is 0 Å². The Balaban J connectivity index is 2.08. The lowest BCUT2D eigenvalue weighted by Crippen LogP contribution is -2.56. The summed E-state index contributed by atoms with van der Waals surface area (Å²) in [6, 6.07) is 0. The Hall–Kier alpha value is -0.680. The number of aliphatic hydroxyl groups is 1. The molecule has 0 radical (unpaired) electrons. The Morgan fingerprint density at radius 1 is 1.43 bits per heavy atom. The van der Waals surface area contributed by atoms with Gasteiger partial charge in [-0.25, -0.2) is 0 Å². The first-order chi connectivity index (χ1) is 6.81. The van der Waals surface area contributed by atoms with E-state index in [2.05, 4.69) is 5.73 Å². The van der Waals surface area contributed by atoms with Gasteiger partial charge in [0.05, 0.1) is 13.2 Å². The summed E-state index contributed by atoms with van der Waals surface area (Å²) in [5.74, 6) is 0. The van der Waals surface area contributed by atoms with Crippen LogP contribution in [0, 0.1) is 0 Å². The summed E-state index contributed by atoms with van der Waals surface area (Å²) in [6.45, 7) is 1.75. The lowest BCUT2D eigenvalue weighted by Gasteiger charge is -2.31. The van der Waals surface area contributed by atoms with Crippen LogP contribution in [0.1, 0.15) is 0 Å². The van der Waals surface area contributed by atoms with Crippen LogP contribution in [0.2, 0.25) is 0 Å². The lowest BCUT2D eigenvalue weighted by atomic mass is 9.98. The van der Waals surface area contributed by atoms with Crippen LogP contribution in [0.3, 0.4) is 0 Å². The maximum Gasteiger partial charge on any atom is 0.127 e. The van der Waals surface area contributed by atoms with E-state index >= 15 is 0 Å². The second-order valence-electron chi connectivity index (χ2n) is 3.50. The fraction of sp³-hybridized carbons (Fsp3) is 0.600. The van der Waals surface area contributed by atoms with Gasteiger partial charge < -0.3 is 20.3 Å². The molecular weight excluding hydrogens is 182 g/mol. The van der Waals surface area contributed by atoms with Crippen LogP contribution < -0.4 is 5.73 Å². The van der Waals surface area contributed by atoms with Crippen molar-refractivity contribution in [3.8, 4) is 0 Å². The molecule has 2 rings (SSSR count). The van der Waals surface area contributed by atoms with Crippen molar-refractivity contribution in [3.05, 3.63) is 23.8 Å². The Kier molecular flexibility index (Phi) is 2.98. The number of quaternary nitrogens is 1. The average Bonchev–Trinajstić information content (AvgIpc) is 2.27. The third-order valence-electron chi connectivity index (χ3n) is 2.52. The highest BCUT2D eigenvalue weighted by Gasteiger charge is 2.27. The van der Waals surface area contributed by atoms with Crippen LogP contribution in [0.5, 0.6) is 0 Å². The van der Waals surface area contributed by atoms with E-state index in [1.54, 1.807) is 0 Å². The highest BCUT2D eigenvalue weighted by atomic mass is 16.6. The van der Waals surface area contributed by atoms with E-state index < -0.39 is 6.10 Å². The molecule has 0 unspecified atom stereocenters. The zero-order valence-corrected chi connectivity index (χ0v) is 8.06. The molecule has 0 spiro atoms. The van der Waals surface area contributed by atoms with Crippen LogP contribution in [0.4, 0.5) is 0 Å². The van der Waals surface area contributed by atoms with E-state index in [1.807, 2.05) is 18.2 Å². The van der Waals surface area contributed by atoms with E-state index in [4.69, 9.17) is 9.47 Å². The van der Waals surface area contributed by atoms with E-state index in [-0.39, 0.29) is 12.2 Å². The van der Waals surface area contributed by atoms with Gasteiger partial charge in [-0.05, 0) is 11.6 Å². The molecule has 0 aromatic carbocycles. The molecule has 4 N–H and O–H groups in total. The summed E-state index contributed by atoms with van der Waals surface area (Å²) in [5.41, 5.74) is 4.55. The molecule has 3 atom stereocenters. The Morgan fingerprint density at radius 2 is 2.14 bits per heavy atom. The van der Waals surface area contributed by atoms with Gasteiger partial charge in [0, 0.05) is 0 Å². The number of fused-ring (bicyclic) bond motifs is 1. The zero-order chi connectivity index (χ0) is 9.97. The maximum atomic E-state index is 9.59. The quantitative estimate of drug-likeness (QED) is 0.590. The van der Waals surface area contributed by atoms with E-state index in [1.165, 1.54) is 0 Å². The van der Waals surface area contributed by atoms with Gasteiger partial charge in [0.25, 0.3) is 0 Å². The van der Waals surface area contributed by atoms with Crippen LogP contribution in [0.15, 0.2) is 23.8 Å². The van der Waals surface area contributed by atoms with Crippen LogP contribution in [0.25, 0.3) is 0 Å². The van der Waals surface area contributed by atoms with Crippen LogP contribution in [-0.4, -0.2) is 43.2 Å². The lowest BCUT2D eigenvalue weighted by molar-refractivity contribution is -0.380. The molecule has 1 fully saturated rings. The molecule has 0 bridgehead atoms. The third kappa shape index (κ3) is 1.88. The maximum absolute atomic E-state index is 9.59. The SMILES string of the molecule is [NH3+]C[C@@H](O)C1=C[C@H]2OCCO[C@@H]2C=C1. The molecular formula is C10H16NO3+. The van der Waals surface area contributed by atoms with Crippen molar-refractivity contribution in [3.63, 3.8) is 0 Å². The summed E-state index contributed by atoms with van der Waals surface area (Å²) in [7, 11) is 0. The minimum atomic E-state index is -0.488. The van der Waals surface area contributed by atoms with E-state index in [0.717, 1.165) is 5.57 Å². The molecule has 1 aliphatic carbocycles. The summed E-state index contributed by atoms with van der Waals surface area (Å²) in [5, 5.41) is 9.59. The molecule has 0 amide bonds. The molecule has 0 saturated carbocycles. The predicted molar refractivity (Wildman–Crippen MR) is 50.5 cm³/mol. The normalized spacial score (nSPS) is 33.4. The number of ether oxygens (including phenoxy) is 2. The molecule has 4 nitrogen and oxygen atoms in total. The van der Waals surface area contributed by atoms with Crippen molar-refractivity contribution in [2.24, 2.45) is 0 Å². The molecule has 1 heterocycles. The predicted octanol–water partition coefficient (Wildman–Crippen LogP) is -1.13. The van der Waals surface area contributed by atoms with Crippen molar-refractivity contribution < 1.29 is 20.3 Å². The largest absolute Gasteiger partial charge is 0.383 e. The molecule has 2 aliphatic rings. The highest BCUT2D eigenvalue weighted by molar-refractivity contribution is 5.30. The summed E-state index contributed by atoms with van der Waals surface area (Å²) in [6.07, 6.45) is 5.26. The van der Waals surface area contributed by atoms with Gasteiger partial charge in [0.2, 0.25) is 0 Å². The first-order valence-corrected chi connectivity index (χ1v) is 4.91. The second kappa shape index (κ2) is 4.23. The van der Waals surface area contributed by atoms with Gasteiger partial charge in [0.1, 0.15) is 24.9 Å². The molecule has 1 aliphatic heterocycles. The Morgan fingerprint density at radius 3 is 2.86 bits per heavy atom. The number of hydrogen-bond donors (Lipinski definition) is 2. The van der Waals surface area contributed by atoms with Gasteiger partial charge >= 0.3 is 0 Å². The number of hydrogen-bond acceptors (Lipinski definition) is 3. The summed E-state index contributed by atoms with van der Waals surface area (Å²) in [4.78, 5) is 0. The molecule has 4 heteroatoms. The average molecular weight is 198 g/mol. The molecule has 0 aromatic heterocycles. The fourth-order valence-electron chi connectivity index (χ4n) is 1.71. The first-order valence-electron chi connectivity index (χ1n) is 4.91.